The van der Waals surface area contributed by atoms with Gasteiger partial charge in [0.2, 0.25) is 0 Å². The average Bonchev–Trinajstić information content (AvgIpc) is 3.35. The van der Waals surface area contributed by atoms with Gasteiger partial charge in [-0.3, -0.25) is 23.4 Å². The van der Waals surface area contributed by atoms with Crippen molar-refractivity contribution >= 4 is 25.7 Å². The Bertz CT molecular complexity index is 1230. The quantitative estimate of drug-likeness (QED) is 0.0197. The van der Waals surface area contributed by atoms with Gasteiger partial charge in [-0.15, -0.1) is 0 Å². The molecule has 0 fully saturated rings. The van der Waals surface area contributed by atoms with Crippen molar-refractivity contribution in [3.8, 4) is 0 Å². The summed E-state index contributed by atoms with van der Waals surface area (Å²) in [5, 5.41) is 9.79. The number of unbranched alkanes of at least 4 members (excludes halogenated alkanes) is 37. The Kier molecular flexibility index (Phi) is 52.1. The van der Waals surface area contributed by atoms with Crippen LogP contribution in [0.5, 0.6) is 0 Å². The number of carbonyl (C=O) groups is 3. The van der Waals surface area contributed by atoms with Crippen LogP contribution < -0.4 is 0 Å². The van der Waals surface area contributed by atoms with Crippen LogP contribution in [0.4, 0.5) is 0 Å². The second kappa shape index (κ2) is 53.5. The lowest BCUT2D eigenvalue weighted by Crippen LogP contribution is -2.30. The van der Waals surface area contributed by atoms with Crippen LogP contribution in [0.15, 0.2) is 12.2 Å². The molecule has 2 N–H and O–H groups in total. The van der Waals surface area contributed by atoms with Crippen molar-refractivity contribution in [2.45, 2.75) is 315 Å². The Morgan fingerprint density at radius 2 is 0.671 bits per heavy atom. The number of esters is 3. The summed E-state index contributed by atoms with van der Waals surface area (Å²) in [5.74, 6) is -1.44. The van der Waals surface area contributed by atoms with Gasteiger partial charge >= 0.3 is 25.7 Å². The zero-order chi connectivity index (χ0) is 51.3. The van der Waals surface area contributed by atoms with Gasteiger partial charge in [-0.25, -0.2) is 4.57 Å². The molecule has 414 valence electrons. The maximum atomic E-state index is 12.9. The highest BCUT2D eigenvalue weighted by molar-refractivity contribution is 7.47. The van der Waals surface area contributed by atoms with Gasteiger partial charge in [-0.05, 0) is 38.5 Å². The number of rotatable bonds is 56. The molecular weight excluding hydrogens is 904 g/mol. The van der Waals surface area contributed by atoms with Gasteiger partial charge in [-0.2, -0.15) is 0 Å². The highest BCUT2D eigenvalue weighted by Gasteiger charge is 2.28. The first-order valence-electron chi connectivity index (χ1n) is 29.6. The molecule has 0 aliphatic heterocycles. The molecule has 3 unspecified atom stereocenters. The fourth-order valence-corrected chi connectivity index (χ4v) is 9.42. The van der Waals surface area contributed by atoms with Gasteiger partial charge in [0.15, 0.2) is 6.10 Å². The topological polar surface area (TPSA) is 155 Å². The monoisotopic (exact) mass is 1010 g/mol. The number of hydrogen-bond donors (Lipinski definition) is 2. The van der Waals surface area contributed by atoms with E-state index in [-0.39, 0.29) is 25.9 Å². The molecule has 0 saturated carbocycles. The van der Waals surface area contributed by atoms with E-state index in [1.165, 1.54) is 167 Å². The predicted octanol–water partition coefficient (Wildman–Crippen LogP) is 17.3. The van der Waals surface area contributed by atoms with Gasteiger partial charge in [0, 0.05) is 19.3 Å². The van der Waals surface area contributed by atoms with Gasteiger partial charge in [0.05, 0.1) is 19.8 Å². The van der Waals surface area contributed by atoms with Crippen LogP contribution in [-0.4, -0.2) is 66.5 Å². The summed E-state index contributed by atoms with van der Waals surface area (Å²) in [6, 6.07) is 0. The fraction of sp³-hybridized carbons (Fsp3) is 0.914. The van der Waals surface area contributed by atoms with E-state index in [1.807, 2.05) is 0 Å². The van der Waals surface area contributed by atoms with Gasteiger partial charge in [0.25, 0.3) is 0 Å². The first-order valence-corrected chi connectivity index (χ1v) is 31.1. The molecular formula is C58H111O11P. The minimum Gasteiger partial charge on any atom is -0.462 e. The largest absolute Gasteiger partial charge is 0.472 e. The first-order chi connectivity index (χ1) is 34.2. The number of hydrogen-bond acceptors (Lipinski definition) is 10. The van der Waals surface area contributed by atoms with E-state index in [4.69, 9.17) is 23.3 Å². The second-order valence-corrected chi connectivity index (χ2v) is 21.6. The number of allylic oxidation sites excluding steroid dienone is 2. The van der Waals surface area contributed by atoms with Crippen molar-refractivity contribution in [2.24, 2.45) is 0 Å². The average molecular weight is 1020 g/mol. The Labute approximate surface area is 430 Å². The lowest BCUT2D eigenvalue weighted by atomic mass is 10.0. The zero-order valence-corrected chi connectivity index (χ0v) is 46.7. The first kappa shape index (κ1) is 68.2. The van der Waals surface area contributed by atoms with Crippen molar-refractivity contribution in [1.82, 2.24) is 0 Å². The Hall–Kier alpha value is -1.78. The Morgan fingerprint density at radius 1 is 0.386 bits per heavy atom. The molecule has 70 heavy (non-hydrogen) atoms. The number of aliphatic hydroxyl groups is 1. The highest BCUT2D eigenvalue weighted by atomic mass is 31.2. The lowest BCUT2D eigenvalue weighted by molar-refractivity contribution is -0.161. The molecule has 0 aliphatic rings. The van der Waals surface area contributed by atoms with E-state index in [0.717, 1.165) is 77.0 Å². The van der Waals surface area contributed by atoms with Crippen molar-refractivity contribution in [2.75, 3.05) is 26.4 Å². The van der Waals surface area contributed by atoms with Crippen LogP contribution in [-0.2, 0) is 42.2 Å². The molecule has 0 heterocycles. The fourth-order valence-electron chi connectivity index (χ4n) is 8.63. The summed E-state index contributed by atoms with van der Waals surface area (Å²) in [6.45, 7) is 4.65. The molecule has 0 saturated heterocycles. The van der Waals surface area contributed by atoms with Crippen LogP contribution in [0.25, 0.3) is 0 Å². The van der Waals surface area contributed by atoms with Gasteiger partial charge in [0.1, 0.15) is 12.7 Å². The normalized spacial score (nSPS) is 13.4. The minimum absolute atomic E-state index is 0.172. The van der Waals surface area contributed by atoms with E-state index < -0.39 is 57.8 Å². The van der Waals surface area contributed by atoms with Crippen molar-refractivity contribution in [3.63, 3.8) is 0 Å². The van der Waals surface area contributed by atoms with Gasteiger partial charge in [-0.1, -0.05) is 258 Å². The molecule has 3 atom stereocenters. The van der Waals surface area contributed by atoms with Crippen LogP contribution in [0.2, 0.25) is 0 Å². The van der Waals surface area contributed by atoms with E-state index in [9.17, 15) is 28.9 Å². The number of phosphoric acid groups is 1. The van der Waals surface area contributed by atoms with Crippen molar-refractivity contribution in [3.05, 3.63) is 12.2 Å². The molecule has 0 aromatic rings. The van der Waals surface area contributed by atoms with Crippen LogP contribution in [0, 0.1) is 0 Å². The van der Waals surface area contributed by atoms with Crippen LogP contribution in [0.3, 0.4) is 0 Å². The van der Waals surface area contributed by atoms with Gasteiger partial charge < -0.3 is 24.2 Å². The van der Waals surface area contributed by atoms with Crippen molar-refractivity contribution in [1.29, 1.82) is 0 Å². The molecule has 0 aromatic heterocycles. The summed E-state index contributed by atoms with van der Waals surface area (Å²) in [4.78, 5) is 48.5. The van der Waals surface area contributed by atoms with Crippen LogP contribution >= 0.6 is 7.82 Å². The third-order valence-electron chi connectivity index (χ3n) is 13.2. The predicted molar refractivity (Wildman–Crippen MR) is 289 cm³/mol. The maximum Gasteiger partial charge on any atom is 0.472 e. The summed E-state index contributed by atoms with van der Waals surface area (Å²) in [6.07, 6.45) is 51.7. The molecule has 0 radical (unpaired) electrons. The number of aliphatic hydroxyl groups excluding tert-OH is 1. The standard InChI is InChI=1S/C58H111O11P/c1-4-7-10-13-16-19-22-24-25-26-27-28-29-31-34-37-40-43-46-49-58(62)69-55(51-65-56(60)47-44-41-38-35-33-30-23-20-17-14-11-8-5-2)53-67-70(63,64)66-52-54(50-59)68-57(61)48-45-42-39-36-32-21-18-15-12-9-6-3/h15,18,54-55,59H,4-14,16-17,19-53H2,1-3H3,(H,63,64)/b18-15-. The third-order valence-corrected chi connectivity index (χ3v) is 14.1. The molecule has 0 rings (SSSR count). The number of phosphoric ester groups is 1. The molecule has 0 amide bonds. The van der Waals surface area contributed by atoms with Crippen LogP contribution in [0.1, 0.15) is 303 Å². The van der Waals surface area contributed by atoms with E-state index in [0.29, 0.717) is 19.3 Å². The Morgan fingerprint density at radius 3 is 1.03 bits per heavy atom. The summed E-state index contributed by atoms with van der Waals surface area (Å²) in [7, 11) is -4.74. The molecule has 12 heteroatoms. The molecule has 0 aliphatic carbocycles. The van der Waals surface area contributed by atoms with E-state index in [1.54, 1.807) is 0 Å². The van der Waals surface area contributed by atoms with Crippen molar-refractivity contribution < 1.29 is 52.2 Å². The molecule has 0 aromatic carbocycles. The molecule has 11 nitrogen and oxygen atoms in total. The minimum atomic E-state index is -4.74. The smallest absolute Gasteiger partial charge is 0.462 e. The van der Waals surface area contributed by atoms with E-state index in [2.05, 4.69) is 32.9 Å². The Balaban J connectivity index is 4.65. The number of ether oxygens (including phenoxy) is 3. The summed E-state index contributed by atoms with van der Waals surface area (Å²) >= 11 is 0. The summed E-state index contributed by atoms with van der Waals surface area (Å²) < 4.78 is 39.5. The number of carbonyl (C=O) groups excluding carboxylic acids is 3. The lowest BCUT2D eigenvalue weighted by Gasteiger charge is -2.21. The third kappa shape index (κ3) is 51.1. The maximum absolute atomic E-state index is 12.9. The SMILES string of the molecule is CCCC/C=C\CCCCCCCC(=O)OC(CO)COP(=O)(O)OCC(COC(=O)CCCCCCCCCCCCCCC)OC(=O)CCCCCCCCCCCCCCCCCCCCC. The molecule has 0 spiro atoms. The molecule has 0 bridgehead atoms. The second-order valence-electron chi connectivity index (χ2n) is 20.2. The zero-order valence-electron chi connectivity index (χ0n) is 45.8. The highest BCUT2D eigenvalue weighted by Crippen LogP contribution is 2.43. The van der Waals surface area contributed by atoms with E-state index >= 15 is 0 Å². The summed E-state index contributed by atoms with van der Waals surface area (Å²) in [5.41, 5.74) is 0.